The molecule has 0 radical (unpaired) electrons. The maximum atomic E-state index is 11.9. The number of hydrogen-bond acceptors (Lipinski definition) is 5. The first kappa shape index (κ1) is 18.2. The monoisotopic (exact) mass is 341 g/mol. The molecule has 1 N–H and O–H groups in total. The van der Waals surface area contributed by atoms with Gasteiger partial charge in [-0.2, -0.15) is 0 Å². The van der Waals surface area contributed by atoms with E-state index in [1.807, 2.05) is 13.0 Å². The van der Waals surface area contributed by atoms with Gasteiger partial charge in [0.1, 0.15) is 0 Å². The van der Waals surface area contributed by atoms with Crippen molar-refractivity contribution in [2.75, 3.05) is 13.7 Å². The molecular weight excluding hydrogens is 322 g/mol. The molecule has 6 nitrogen and oxygen atoms in total. The zero-order valence-electron chi connectivity index (χ0n) is 14.1. The van der Waals surface area contributed by atoms with Crippen LogP contribution in [-0.4, -0.2) is 31.6 Å². The molecule has 25 heavy (non-hydrogen) atoms. The van der Waals surface area contributed by atoms with Gasteiger partial charge < -0.3 is 14.8 Å². The molecule has 0 aliphatic carbocycles. The van der Waals surface area contributed by atoms with Gasteiger partial charge in [0.05, 0.1) is 18.2 Å². The van der Waals surface area contributed by atoms with Crippen LogP contribution >= 0.6 is 0 Å². The SMILES string of the molecule is COC(=O)c1ccc(CNC(=O)COC(=O)c2cccc(C)c2)cc1. The van der Waals surface area contributed by atoms with Crippen molar-refractivity contribution in [1.82, 2.24) is 5.32 Å². The second kappa shape index (κ2) is 8.63. The molecular formula is C19H19NO5. The molecule has 0 bridgehead atoms. The molecule has 0 aromatic heterocycles. The highest BCUT2D eigenvalue weighted by Gasteiger charge is 2.10. The number of amides is 1. The second-order valence-electron chi connectivity index (χ2n) is 5.41. The number of nitrogens with one attached hydrogen (secondary N) is 1. The molecule has 0 spiro atoms. The zero-order valence-corrected chi connectivity index (χ0v) is 14.1. The molecule has 6 heteroatoms. The summed E-state index contributed by atoms with van der Waals surface area (Å²) in [7, 11) is 1.31. The minimum absolute atomic E-state index is 0.266. The lowest BCUT2D eigenvalue weighted by atomic mass is 10.1. The minimum Gasteiger partial charge on any atom is -0.465 e. The lowest BCUT2D eigenvalue weighted by Gasteiger charge is -2.07. The van der Waals surface area contributed by atoms with Crippen LogP contribution in [0, 0.1) is 6.92 Å². The Balaban J connectivity index is 1.79. The van der Waals surface area contributed by atoms with Gasteiger partial charge in [-0.15, -0.1) is 0 Å². The number of rotatable bonds is 6. The van der Waals surface area contributed by atoms with Gasteiger partial charge in [0.2, 0.25) is 0 Å². The Morgan fingerprint density at radius 1 is 0.960 bits per heavy atom. The number of esters is 2. The molecule has 130 valence electrons. The Morgan fingerprint density at radius 3 is 2.32 bits per heavy atom. The molecule has 0 unspecified atom stereocenters. The first-order chi connectivity index (χ1) is 12.0. The standard InChI is InChI=1S/C19H19NO5/c1-13-4-3-5-16(10-13)19(23)25-12-17(21)20-11-14-6-8-15(9-7-14)18(22)24-2/h3-10H,11-12H2,1-2H3,(H,20,21). The summed E-state index contributed by atoms with van der Waals surface area (Å²) in [5.74, 6) is -1.36. The molecule has 1 amide bonds. The average molecular weight is 341 g/mol. The van der Waals surface area contributed by atoms with Crippen LogP contribution in [0.25, 0.3) is 0 Å². The molecule has 0 heterocycles. The number of ether oxygens (including phenoxy) is 2. The van der Waals surface area contributed by atoms with E-state index in [1.54, 1.807) is 42.5 Å². The van der Waals surface area contributed by atoms with Crippen molar-refractivity contribution in [3.63, 3.8) is 0 Å². The predicted octanol–water partition coefficient (Wildman–Crippen LogP) is 2.25. The van der Waals surface area contributed by atoms with Crippen molar-refractivity contribution in [2.45, 2.75) is 13.5 Å². The first-order valence-corrected chi connectivity index (χ1v) is 7.67. The van der Waals surface area contributed by atoms with Crippen molar-refractivity contribution >= 4 is 17.8 Å². The van der Waals surface area contributed by atoms with Gasteiger partial charge in [-0.05, 0) is 36.8 Å². The molecule has 0 saturated heterocycles. The third-order valence-electron chi connectivity index (χ3n) is 3.45. The van der Waals surface area contributed by atoms with E-state index in [9.17, 15) is 14.4 Å². The fourth-order valence-electron chi connectivity index (χ4n) is 2.11. The number of aryl methyl sites for hydroxylation is 1. The number of carbonyl (C=O) groups excluding carboxylic acids is 3. The largest absolute Gasteiger partial charge is 0.465 e. The van der Waals surface area contributed by atoms with Crippen LogP contribution in [-0.2, 0) is 20.8 Å². The number of carbonyl (C=O) groups is 3. The van der Waals surface area contributed by atoms with Crippen LogP contribution in [0.3, 0.4) is 0 Å². The molecule has 0 saturated carbocycles. The van der Waals surface area contributed by atoms with Gasteiger partial charge in [-0.1, -0.05) is 29.8 Å². The highest BCUT2D eigenvalue weighted by molar-refractivity contribution is 5.91. The van der Waals surface area contributed by atoms with Crippen LogP contribution < -0.4 is 5.32 Å². The van der Waals surface area contributed by atoms with E-state index in [-0.39, 0.29) is 13.2 Å². The van der Waals surface area contributed by atoms with E-state index in [4.69, 9.17) is 4.74 Å². The fraction of sp³-hybridized carbons (Fsp3) is 0.211. The van der Waals surface area contributed by atoms with E-state index >= 15 is 0 Å². The van der Waals surface area contributed by atoms with Crippen LogP contribution in [0.4, 0.5) is 0 Å². The van der Waals surface area contributed by atoms with Crippen molar-refractivity contribution in [2.24, 2.45) is 0 Å². The van der Waals surface area contributed by atoms with E-state index in [1.165, 1.54) is 7.11 Å². The molecule has 2 rings (SSSR count). The van der Waals surface area contributed by atoms with Gasteiger partial charge in [0.15, 0.2) is 6.61 Å². The van der Waals surface area contributed by atoms with Gasteiger partial charge in [0, 0.05) is 6.54 Å². The van der Waals surface area contributed by atoms with E-state index in [0.29, 0.717) is 11.1 Å². The Hall–Kier alpha value is -3.15. The van der Waals surface area contributed by atoms with Crippen LogP contribution in [0.2, 0.25) is 0 Å². The molecule has 0 fully saturated rings. The summed E-state index contributed by atoms with van der Waals surface area (Å²) in [5, 5.41) is 2.65. The maximum absolute atomic E-state index is 11.9. The quantitative estimate of drug-likeness (QED) is 0.815. The van der Waals surface area contributed by atoms with Crippen molar-refractivity contribution in [3.8, 4) is 0 Å². The minimum atomic E-state index is -0.540. The van der Waals surface area contributed by atoms with Gasteiger partial charge in [-0.3, -0.25) is 4.79 Å². The van der Waals surface area contributed by atoms with E-state index in [0.717, 1.165) is 11.1 Å². The van der Waals surface area contributed by atoms with Crippen molar-refractivity contribution < 1.29 is 23.9 Å². The first-order valence-electron chi connectivity index (χ1n) is 7.67. The molecule has 2 aromatic rings. The van der Waals surface area contributed by atoms with Crippen molar-refractivity contribution in [3.05, 3.63) is 70.8 Å². The number of methoxy groups -OCH3 is 1. The van der Waals surface area contributed by atoms with Crippen LogP contribution in [0.15, 0.2) is 48.5 Å². The summed E-state index contributed by atoms with van der Waals surface area (Å²) < 4.78 is 9.60. The normalized spacial score (nSPS) is 10.0. The highest BCUT2D eigenvalue weighted by Crippen LogP contribution is 2.07. The Kier molecular flexibility index (Phi) is 6.28. The van der Waals surface area contributed by atoms with Crippen molar-refractivity contribution in [1.29, 1.82) is 0 Å². The highest BCUT2D eigenvalue weighted by atomic mass is 16.5. The zero-order chi connectivity index (χ0) is 18.2. The number of hydrogen-bond donors (Lipinski definition) is 1. The molecule has 0 atom stereocenters. The molecule has 2 aromatic carbocycles. The van der Waals surface area contributed by atoms with Crippen LogP contribution in [0.1, 0.15) is 31.8 Å². The van der Waals surface area contributed by atoms with Gasteiger partial charge >= 0.3 is 11.9 Å². The summed E-state index contributed by atoms with van der Waals surface area (Å²) in [5.41, 5.74) is 2.59. The molecule has 0 aliphatic heterocycles. The fourth-order valence-corrected chi connectivity index (χ4v) is 2.11. The van der Waals surface area contributed by atoms with E-state index in [2.05, 4.69) is 10.1 Å². The lowest BCUT2D eigenvalue weighted by Crippen LogP contribution is -2.28. The Labute approximate surface area is 145 Å². The summed E-state index contributed by atoms with van der Waals surface area (Å²) in [6.45, 7) is 1.78. The summed E-state index contributed by atoms with van der Waals surface area (Å²) in [6, 6.07) is 13.6. The van der Waals surface area contributed by atoms with Gasteiger partial charge in [0.25, 0.3) is 5.91 Å². The van der Waals surface area contributed by atoms with Gasteiger partial charge in [-0.25, -0.2) is 9.59 Å². The Bertz CT molecular complexity index is 768. The maximum Gasteiger partial charge on any atom is 0.338 e. The van der Waals surface area contributed by atoms with E-state index < -0.39 is 17.8 Å². The Morgan fingerprint density at radius 2 is 1.68 bits per heavy atom. The third kappa shape index (κ3) is 5.46. The third-order valence-corrected chi connectivity index (χ3v) is 3.45. The lowest BCUT2D eigenvalue weighted by molar-refractivity contribution is -0.124. The molecule has 0 aliphatic rings. The topological polar surface area (TPSA) is 81.7 Å². The van der Waals surface area contributed by atoms with Crippen LogP contribution in [0.5, 0.6) is 0 Å². The predicted molar refractivity (Wildman–Crippen MR) is 91.1 cm³/mol. The summed E-state index contributed by atoms with van der Waals surface area (Å²) >= 11 is 0. The summed E-state index contributed by atoms with van der Waals surface area (Å²) in [6.07, 6.45) is 0. The second-order valence-corrected chi connectivity index (χ2v) is 5.41. The number of benzene rings is 2. The summed E-state index contributed by atoms with van der Waals surface area (Å²) in [4.78, 5) is 35.0. The average Bonchev–Trinajstić information content (AvgIpc) is 2.64. The smallest absolute Gasteiger partial charge is 0.338 e.